The Balaban J connectivity index is 1.81. The predicted octanol–water partition coefficient (Wildman–Crippen LogP) is 3.77. The Kier molecular flexibility index (Phi) is 5.31. The fourth-order valence-electron chi connectivity index (χ4n) is 2.63. The minimum Gasteiger partial charge on any atom is -0.497 e. The second kappa shape index (κ2) is 7.81. The van der Waals surface area contributed by atoms with Gasteiger partial charge < -0.3 is 14.2 Å². The van der Waals surface area contributed by atoms with Crippen molar-refractivity contribution in [3.63, 3.8) is 0 Å². The molecule has 128 valence electrons. The van der Waals surface area contributed by atoms with Crippen LogP contribution in [-0.4, -0.2) is 33.2 Å². The van der Waals surface area contributed by atoms with Crippen molar-refractivity contribution in [3.8, 4) is 11.5 Å². The summed E-state index contributed by atoms with van der Waals surface area (Å²) in [6.45, 7) is 0.648. The van der Waals surface area contributed by atoms with Gasteiger partial charge in [0.05, 0.1) is 27.4 Å². The fourth-order valence-corrected chi connectivity index (χ4v) is 2.63. The van der Waals surface area contributed by atoms with Crippen molar-refractivity contribution >= 4 is 17.9 Å². The number of hydrogen-bond donors (Lipinski definition) is 0. The van der Waals surface area contributed by atoms with Crippen LogP contribution in [0.2, 0.25) is 0 Å². The van der Waals surface area contributed by atoms with Crippen molar-refractivity contribution in [2.45, 2.75) is 0 Å². The molecule has 1 aliphatic heterocycles. The first-order chi connectivity index (χ1) is 12.2. The highest BCUT2D eigenvalue weighted by Crippen LogP contribution is 2.22. The molecule has 0 aliphatic carbocycles. The van der Waals surface area contributed by atoms with Crippen LogP contribution in [0.15, 0.2) is 59.7 Å². The second-order valence-electron chi connectivity index (χ2n) is 5.71. The summed E-state index contributed by atoms with van der Waals surface area (Å²) in [5.41, 5.74) is 3.18. The lowest BCUT2D eigenvalue weighted by molar-refractivity contribution is -0.114. The van der Waals surface area contributed by atoms with E-state index in [1.54, 1.807) is 14.2 Å². The van der Waals surface area contributed by atoms with Gasteiger partial charge in [0.25, 0.3) is 0 Å². The molecule has 0 saturated carbocycles. The zero-order valence-corrected chi connectivity index (χ0v) is 14.3. The SMILES string of the molecule is COc1ccc(/C=C2/COC/C(=C/c3ccc(OC)cc3)C2=O)cc1. The smallest absolute Gasteiger partial charge is 0.189 e. The number of methoxy groups -OCH3 is 2. The van der Waals surface area contributed by atoms with Crippen LogP contribution >= 0.6 is 0 Å². The van der Waals surface area contributed by atoms with E-state index in [1.807, 2.05) is 60.7 Å². The van der Waals surface area contributed by atoms with Gasteiger partial charge in [0.15, 0.2) is 5.78 Å². The molecule has 4 nitrogen and oxygen atoms in total. The van der Waals surface area contributed by atoms with Gasteiger partial charge in [-0.05, 0) is 47.5 Å². The average Bonchev–Trinajstić information content (AvgIpc) is 2.66. The van der Waals surface area contributed by atoms with Crippen LogP contribution in [0.3, 0.4) is 0 Å². The summed E-state index contributed by atoms with van der Waals surface area (Å²) in [5, 5.41) is 0. The Bertz CT molecular complexity index is 731. The van der Waals surface area contributed by atoms with E-state index in [1.165, 1.54) is 0 Å². The number of ketones is 1. The van der Waals surface area contributed by atoms with E-state index >= 15 is 0 Å². The van der Waals surface area contributed by atoms with Crippen molar-refractivity contribution in [3.05, 3.63) is 70.8 Å². The van der Waals surface area contributed by atoms with Gasteiger partial charge in [0, 0.05) is 11.1 Å². The van der Waals surface area contributed by atoms with E-state index in [4.69, 9.17) is 14.2 Å². The fraction of sp³-hybridized carbons (Fsp3) is 0.190. The molecular formula is C21H20O4. The molecule has 0 atom stereocenters. The molecule has 25 heavy (non-hydrogen) atoms. The minimum absolute atomic E-state index is 0.0258. The normalized spacial score (nSPS) is 17.8. The molecule has 0 unspecified atom stereocenters. The van der Waals surface area contributed by atoms with Crippen LogP contribution in [-0.2, 0) is 9.53 Å². The van der Waals surface area contributed by atoms with Crippen LogP contribution in [0.5, 0.6) is 11.5 Å². The summed E-state index contributed by atoms with van der Waals surface area (Å²) in [4.78, 5) is 12.7. The summed E-state index contributed by atoms with van der Waals surface area (Å²) in [7, 11) is 3.25. The van der Waals surface area contributed by atoms with Gasteiger partial charge in [-0.2, -0.15) is 0 Å². The Labute approximate surface area is 147 Å². The molecule has 0 radical (unpaired) electrons. The van der Waals surface area contributed by atoms with Gasteiger partial charge in [-0.15, -0.1) is 0 Å². The number of benzene rings is 2. The molecule has 1 fully saturated rings. The molecular weight excluding hydrogens is 316 g/mol. The zero-order valence-electron chi connectivity index (χ0n) is 14.3. The molecule has 0 N–H and O–H groups in total. The highest BCUT2D eigenvalue weighted by atomic mass is 16.5. The van der Waals surface area contributed by atoms with Crippen molar-refractivity contribution in [1.29, 1.82) is 0 Å². The van der Waals surface area contributed by atoms with Gasteiger partial charge in [0.1, 0.15) is 11.5 Å². The molecule has 1 heterocycles. The van der Waals surface area contributed by atoms with E-state index in [2.05, 4.69) is 0 Å². The van der Waals surface area contributed by atoms with Crippen LogP contribution in [0.1, 0.15) is 11.1 Å². The lowest BCUT2D eigenvalue weighted by Crippen LogP contribution is -2.21. The number of carbonyl (C=O) groups excluding carboxylic acids is 1. The van der Waals surface area contributed by atoms with Crippen molar-refractivity contribution in [2.75, 3.05) is 27.4 Å². The lowest BCUT2D eigenvalue weighted by atomic mass is 9.98. The lowest BCUT2D eigenvalue weighted by Gasteiger charge is -2.17. The highest BCUT2D eigenvalue weighted by Gasteiger charge is 2.21. The second-order valence-corrected chi connectivity index (χ2v) is 5.71. The molecule has 0 aromatic heterocycles. The molecule has 0 amide bonds. The maximum atomic E-state index is 12.7. The van der Waals surface area contributed by atoms with Crippen LogP contribution < -0.4 is 9.47 Å². The third kappa shape index (κ3) is 4.17. The maximum Gasteiger partial charge on any atom is 0.189 e. The summed E-state index contributed by atoms with van der Waals surface area (Å²) in [5.74, 6) is 1.60. The molecule has 0 spiro atoms. The minimum atomic E-state index is 0.0258. The quantitative estimate of drug-likeness (QED) is 0.797. The molecule has 2 aromatic rings. The Morgan fingerprint density at radius 2 is 1.16 bits per heavy atom. The zero-order chi connectivity index (χ0) is 17.6. The maximum absolute atomic E-state index is 12.7. The van der Waals surface area contributed by atoms with Gasteiger partial charge in [-0.25, -0.2) is 0 Å². The number of ether oxygens (including phenoxy) is 3. The largest absolute Gasteiger partial charge is 0.497 e. The molecule has 4 heteroatoms. The first-order valence-corrected chi connectivity index (χ1v) is 8.01. The van der Waals surface area contributed by atoms with Gasteiger partial charge in [-0.3, -0.25) is 4.79 Å². The van der Waals surface area contributed by atoms with Crippen LogP contribution in [0, 0.1) is 0 Å². The third-order valence-corrected chi connectivity index (χ3v) is 4.01. The first kappa shape index (κ1) is 17.0. The number of hydrogen-bond acceptors (Lipinski definition) is 4. The molecule has 3 rings (SSSR count). The van der Waals surface area contributed by atoms with Crippen molar-refractivity contribution in [1.82, 2.24) is 0 Å². The predicted molar refractivity (Wildman–Crippen MR) is 97.8 cm³/mol. The summed E-state index contributed by atoms with van der Waals surface area (Å²) in [6, 6.07) is 15.1. The number of rotatable bonds is 4. The molecule has 1 aliphatic rings. The van der Waals surface area contributed by atoms with Crippen molar-refractivity contribution < 1.29 is 19.0 Å². The van der Waals surface area contributed by atoms with Crippen LogP contribution in [0.4, 0.5) is 0 Å². The molecule has 0 bridgehead atoms. The molecule has 2 aromatic carbocycles. The van der Waals surface area contributed by atoms with Gasteiger partial charge in [0.2, 0.25) is 0 Å². The Morgan fingerprint density at radius 3 is 1.52 bits per heavy atom. The highest BCUT2D eigenvalue weighted by molar-refractivity contribution is 6.14. The van der Waals surface area contributed by atoms with E-state index < -0.39 is 0 Å². The van der Waals surface area contributed by atoms with Gasteiger partial charge in [-0.1, -0.05) is 24.3 Å². The van der Waals surface area contributed by atoms with Crippen LogP contribution in [0.25, 0.3) is 12.2 Å². The summed E-state index contributed by atoms with van der Waals surface area (Å²) >= 11 is 0. The summed E-state index contributed by atoms with van der Waals surface area (Å²) < 4.78 is 15.9. The van der Waals surface area contributed by atoms with E-state index in [0.717, 1.165) is 22.6 Å². The van der Waals surface area contributed by atoms with E-state index in [0.29, 0.717) is 24.4 Å². The van der Waals surface area contributed by atoms with Crippen molar-refractivity contribution in [2.24, 2.45) is 0 Å². The van der Waals surface area contributed by atoms with E-state index in [9.17, 15) is 4.79 Å². The molecule has 1 saturated heterocycles. The Hall–Kier alpha value is -2.85. The number of carbonyl (C=O) groups is 1. The number of Topliss-reactive ketones (excluding diaryl/α,β-unsaturated/α-hetero) is 1. The standard InChI is InChI=1S/C21H20O4/c1-23-19-7-3-15(4-8-19)11-17-13-25-14-18(21(17)22)12-16-5-9-20(24-2)10-6-16/h3-12H,13-14H2,1-2H3/b17-11-,18-12-. The summed E-state index contributed by atoms with van der Waals surface area (Å²) in [6.07, 6.45) is 3.73. The first-order valence-electron chi connectivity index (χ1n) is 8.01. The van der Waals surface area contributed by atoms with E-state index in [-0.39, 0.29) is 5.78 Å². The average molecular weight is 336 g/mol. The topological polar surface area (TPSA) is 44.8 Å². The van der Waals surface area contributed by atoms with Gasteiger partial charge >= 0.3 is 0 Å². The third-order valence-electron chi connectivity index (χ3n) is 4.01. The monoisotopic (exact) mass is 336 g/mol. The Morgan fingerprint density at radius 1 is 0.760 bits per heavy atom.